The molecule has 1 N–H and O–H groups in total. The van der Waals surface area contributed by atoms with Gasteiger partial charge in [0.15, 0.2) is 0 Å². The van der Waals surface area contributed by atoms with Crippen LogP contribution in [0.15, 0.2) is 72.3 Å². The Morgan fingerprint density at radius 2 is 1.73 bits per heavy atom. The summed E-state index contributed by atoms with van der Waals surface area (Å²) in [6.45, 7) is 2.46. The number of hydrogen-bond acceptors (Lipinski definition) is 2. The van der Waals surface area contributed by atoms with Crippen molar-refractivity contribution in [2.24, 2.45) is 0 Å². The number of hydrogen-bond donors (Lipinski definition) is 1. The molecule has 0 atom stereocenters. The summed E-state index contributed by atoms with van der Waals surface area (Å²) in [6, 6.07) is 22.2. The molecule has 190 valence electrons. The van der Waals surface area contributed by atoms with Gasteiger partial charge in [0.25, 0.3) is 0 Å². The number of carboxylic acid groups (broad SMARTS) is 1. The van der Waals surface area contributed by atoms with Gasteiger partial charge in [-0.2, -0.15) is 0 Å². The van der Waals surface area contributed by atoms with E-state index < -0.39 is 5.97 Å². The van der Waals surface area contributed by atoms with E-state index in [4.69, 9.17) is 11.6 Å². The summed E-state index contributed by atoms with van der Waals surface area (Å²) in [7, 11) is 0. The second kappa shape index (κ2) is 11.5. The average Bonchev–Trinajstić information content (AvgIpc) is 3.26. The number of halogens is 2. The Morgan fingerprint density at radius 3 is 2.46 bits per heavy atom. The molecule has 1 saturated heterocycles. The molecule has 1 fully saturated rings. The van der Waals surface area contributed by atoms with Crippen molar-refractivity contribution in [1.29, 1.82) is 0 Å². The maximum absolute atomic E-state index is 12.5. The largest absolute Gasteiger partial charge is 0.478 e. The zero-order chi connectivity index (χ0) is 25.8. The highest BCUT2D eigenvalue weighted by Crippen LogP contribution is 2.40. The first-order chi connectivity index (χ1) is 18.0. The van der Waals surface area contributed by atoms with Gasteiger partial charge in [0.1, 0.15) is 0 Å². The van der Waals surface area contributed by atoms with Crippen molar-refractivity contribution >= 4 is 34.8 Å². The van der Waals surface area contributed by atoms with Gasteiger partial charge in [0.05, 0.1) is 12.2 Å². The van der Waals surface area contributed by atoms with Crippen molar-refractivity contribution in [3.8, 4) is 0 Å². The number of carbonyl (C=O) groups is 1. The SMILES string of the molecule is O=C(O)c1ccc2c(c1)CCCC(c1ccc(Cl)cc1)=C2c1ccc(C=C2CCN(CCCF)C2)cc1. The highest BCUT2D eigenvalue weighted by atomic mass is 35.5. The molecule has 3 aromatic rings. The van der Waals surface area contributed by atoms with Gasteiger partial charge in [-0.3, -0.25) is 9.29 Å². The highest BCUT2D eigenvalue weighted by molar-refractivity contribution is 6.30. The molecular formula is C32H31ClFNO2. The average molecular weight is 516 g/mol. The molecule has 0 aromatic heterocycles. The van der Waals surface area contributed by atoms with Crippen LogP contribution >= 0.6 is 11.6 Å². The number of likely N-dealkylation sites (tertiary alicyclic amines) is 1. The molecule has 5 rings (SSSR count). The third-order valence-corrected chi connectivity index (χ3v) is 7.59. The predicted molar refractivity (Wildman–Crippen MR) is 150 cm³/mol. The van der Waals surface area contributed by atoms with Crippen LogP contribution in [-0.4, -0.2) is 42.3 Å². The number of allylic oxidation sites excluding steroid dienone is 1. The fourth-order valence-corrected chi connectivity index (χ4v) is 5.64. The van der Waals surface area contributed by atoms with Crippen LogP contribution in [0.5, 0.6) is 0 Å². The Hall–Kier alpha value is -3.21. The van der Waals surface area contributed by atoms with E-state index in [2.05, 4.69) is 47.4 Å². The van der Waals surface area contributed by atoms with Gasteiger partial charge in [-0.05, 0) is 95.3 Å². The van der Waals surface area contributed by atoms with Crippen LogP contribution in [0.2, 0.25) is 5.02 Å². The molecule has 1 heterocycles. The Labute approximate surface area is 222 Å². The molecular weight excluding hydrogens is 485 g/mol. The van der Waals surface area contributed by atoms with E-state index in [1.54, 1.807) is 6.07 Å². The van der Waals surface area contributed by atoms with Crippen molar-refractivity contribution in [2.75, 3.05) is 26.3 Å². The lowest BCUT2D eigenvalue weighted by Crippen LogP contribution is -2.20. The monoisotopic (exact) mass is 515 g/mol. The molecule has 1 aliphatic carbocycles. The van der Waals surface area contributed by atoms with E-state index in [1.165, 1.54) is 11.1 Å². The number of aryl methyl sites for hydroxylation is 1. The number of rotatable bonds is 7. The van der Waals surface area contributed by atoms with Gasteiger partial charge in [0.2, 0.25) is 0 Å². The normalized spacial score (nSPS) is 17.2. The van der Waals surface area contributed by atoms with Gasteiger partial charge in [-0.25, -0.2) is 4.79 Å². The molecule has 37 heavy (non-hydrogen) atoms. The summed E-state index contributed by atoms with van der Waals surface area (Å²) in [6.07, 6.45) is 6.56. The topological polar surface area (TPSA) is 40.5 Å². The standard InChI is InChI=1S/C32H31ClFNO2/c33-28-12-9-24(10-13-28)29-4-1-3-26-20-27(32(36)37)11-14-30(26)31(29)25-7-5-22(6-8-25)19-23-15-18-35(21-23)17-2-16-34/h5-14,19-20H,1-4,15-18,21H2,(H,36,37). The summed E-state index contributed by atoms with van der Waals surface area (Å²) in [5.41, 5.74) is 9.71. The minimum atomic E-state index is -0.900. The van der Waals surface area contributed by atoms with Gasteiger partial charge < -0.3 is 5.11 Å². The summed E-state index contributed by atoms with van der Waals surface area (Å²) in [5, 5.41) is 10.3. The third kappa shape index (κ3) is 5.87. The molecule has 3 nitrogen and oxygen atoms in total. The lowest BCUT2D eigenvalue weighted by Gasteiger charge is -2.17. The van der Waals surface area contributed by atoms with E-state index in [-0.39, 0.29) is 6.67 Å². The molecule has 0 unspecified atom stereocenters. The van der Waals surface area contributed by atoms with Crippen LogP contribution in [0.4, 0.5) is 4.39 Å². The summed E-state index contributed by atoms with van der Waals surface area (Å²) in [5.74, 6) is -0.900. The van der Waals surface area contributed by atoms with E-state index in [9.17, 15) is 14.3 Å². The lowest BCUT2D eigenvalue weighted by molar-refractivity contribution is 0.0696. The van der Waals surface area contributed by atoms with Crippen LogP contribution in [0.3, 0.4) is 0 Å². The number of carboxylic acids is 1. The number of aromatic carboxylic acids is 1. The molecule has 0 radical (unpaired) electrons. The van der Waals surface area contributed by atoms with Crippen molar-refractivity contribution in [1.82, 2.24) is 4.90 Å². The van der Waals surface area contributed by atoms with Crippen LogP contribution in [0, 0.1) is 0 Å². The van der Waals surface area contributed by atoms with Crippen molar-refractivity contribution in [2.45, 2.75) is 32.1 Å². The van der Waals surface area contributed by atoms with Gasteiger partial charge in [0, 0.05) is 24.7 Å². The molecule has 5 heteroatoms. The predicted octanol–water partition coefficient (Wildman–Crippen LogP) is 7.78. The Kier molecular flexibility index (Phi) is 7.87. The molecule has 3 aromatic carbocycles. The Balaban J connectivity index is 1.53. The number of fused-ring (bicyclic) bond motifs is 1. The number of alkyl halides is 1. The van der Waals surface area contributed by atoms with Crippen LogP contribution in [-0.2, 0) is 6.42 Å². The third-order valence-electron chi connectivity index (χ3n) is 7.34. The van der Waals surface area contributed by atoms with Crippen LogP contribution in [0.1, 0.15) is 63.9 Å². The fraction of sp³-hybridized carbons (Fsp3) is 0.281. The van der Waals surface area contributed by atoms with Crippen molar-refractivity contribution in [3.05, 3.63) is 111 Å². The van der Waals surface area contributed by atoms with E-state index in [0.717, 1.165) is 78.7 Å². The zero-order valence-corrected chi connectivity index (χ0v) is 21.6. The number of nitrogens with zero attached hydrogens (tertiary/aromatic N) is 1. The van der Waals surface area contributed by atoms with Crippen LogP contribution < -0.4 is 0 Å². The second-order valence-electron chi connectivity index (χ2n) is 9.88. The summed E-state index contributed by atoms with van der Waals surface area (Å²) < 4.78 is 12.5. The molecule has 1 aliphatic heterocycles. The molecule has 0 bridgehead atoms. The lowest BCUT2D eigenvalue weighted by atomic mass is 9.87. The first kappa shape index (κ1) is 25.4. The second-order valence-corrected chi connectivity index (χ2v) is 10.3. The summed E-state index contributed by atoms with van der Waals surface area (Å²) >= 11 is 6.19. The van der Waals surface area contributed by atoms with Crippen LogP contribution in [0.25, 0.3) is 17.2 Å². The smallest absolute Gasteiger partial charge is 0.335 e. The molecule has 0 saturated carbocycles. The minimum absolute atomic E-state index is 0.258. The summed E-state index contributed by atoms with van der Waals surface area (Å²) in [4.78, 5) is 14.0. The first-order valence-electron chi connectivity index (χ1n) is 13.0. The van der Waals surface area contributed by atoms with E-state index in [1.807, 2.05) is 24.3 Å². The van der Waals surface area contributed by atoms with Gasteiger partial charge in [-0.15, -0.1) is 0 Å². The maximum Gasteiger partial charge on any atom is 0.335 e. The number of benzene rings is 3. The fourth-order valence-electron chi connectivity index (χ4n) is 5.51. The maximum atomic E-state index is 12.5. The molecule has 2 aliphatic rings. The van der Waals surface area contributed by atoms with Gasteiger partial charge >= 0.3 is 5.97 Å². The quantitative estimate of drug-likeness (QED) is 0.349. The van der Waals surface area contributed by atoms with E-state index in [0.29, 0.717) is 17.0 Å². The Morgan fingerprint density at radius 1 is 0.973 bits per heavy atom. The zero-order valence-electron chi connectivity index (χ0n) is 20.9. The first-order valence-corrected chi connectivity index (χ1v) is 13.3. The van der Waals surface area contributed by atoms with Crippen molar-refractivity contribution < 1.29 is 14.3 Å². The van der Waals surface area contributed by atoms with Crippen molar-refractivity contribution in [3.63, 3.8) is 0 Å². The molecule has 0 spiro atoms. The van der Waals surface area contributed by atoms with Gasteiger partial charge in [-0.1, -0.05) is 65.7 Å². The molecule has 0 amide bonds. The minimum Gasteiger partial charge on any atom is -0.478 e. The Bertz CT molecular complexity index is 1340. The van der Waals surface area contributed by atoms with E-state index >= 15 is 0 Å². The highest BCUT2D eigenvalue weighted by Gasteiger charge is 2.22.